The second-order valence-corrected chi connectivity index (χ2v) is 6.31. The summed E-state index contributed by atoms with van der Waals surface area (Å²) >= 11 is 7.00. The Kier molecular flexibility index (Phi) is 5.60. The van der Waals surface area contributed by atoms with Gasteiger partial charge in [-0.05, 0) is 30.2 Å². The maximum atomic E-state index is 12.8. The summed E-state index contributed by atoms with van der Waals surface area (Å²) in [5.74, 6) is 0. The van der Waals surface area contributed by atoms with E-state index in [1.54, 1.807) is 0 Å². The van der Waals surface area contributed by atoms with E-state index in [0.717, 1.165) is 35.1 Å². The van der Waals surface area contributed by atoms with Gasteiger partial charge in [0.15, 0.2) is 0 Å². The lowest BCUT2D eigenvalue weighted by molar-refractivity contribution is 0.157. The van der Waals surface area contributed by atoms with Crippen molar-refractivity contribution in [2.24, 2.45) is 0 Å². The van der Waals surface area contributed by atoms with E-state index in [0.29, 0.717) is 6.42 Å². The number of nitrogens with one attached hydrogen (secondary N) is 1. The van der Waals surface area contributed by atoms with E-state index < -0.39 is 0 Å². The van der Waals surface area contributed by atoms with Gasteiger partial charge >= 0.3 is 0 Å². The zero-order valence-electron chi connectivity index (χ0n) is 10.1. The van der Waals surface area contributed by atoms with E-state index in [-0.39, 0.29) is 12.7 Å². The first-order valence-electron chi connectivity index (χ1n) is 6.17. The van der Waals surface area contributed by atoms with Crippen LogP contribution in [0.15, 0.2) is 27.1 Å². The standard InChI is InChI=1S/C13H17Br2FN2/c14-11-7-10(8-12(15)9-11)13(1-2-16)18-5-3-17-4-6-18/h7-9,13,17H,1-6H2/t13-/m0/s1. The first kappa shape index (κ1) is 14.4. The molecule has 0 bridgehead atoms. The number of hydrogen-bond donors (Lipinski definition) is 1. The summed E-state index contributed by atoms with van der Waals surface area (Å²) in [5, 5.41) is 3.33. The van der Waals surface area contributed by atoms with Crippen molar-refractivity contribution in [3.63, 3.8) is 0 Å². The number of alkyl halides is 1. The Bertz CT molecular complexity index is 374. The second kappa shape index (κ2) is 6.98. The average Bonchev–Trinajstić information content (AvgIpc) is 2.36. The molecule has 1 saturated heterocycles. The molecule has 1 atom stereocenters. The fourth-order valence-electron chi connectivity index (χ4n) is 2.42. The number of benzene rings is 1. The third-order valence-corrected chi connectivity index (χ3v) is 4.16. The molecular formula is C13H17Br2FN2. The van der Waals surface area contributed by atoms with Crippen molar-refractivity contribution in [3.8, 4) is 0 Å². The van der Waals surface area contributed by atoms with Gasteiger partial charge in [-0.3, -0.25) is 9.29 Å². The van der Waals surface area contributed by atoms with Crippen molar-refractivity contribution in [1.29, 1.82) is 0 Å². The second-order valence-electron chi connectivity index (χ2n) is 4.48. The van der Waals surface area contributed by atoms with Crippen LogP contribution in [0.2, 0.25) is 0 Å². The van der Waals surface area contributed by atoms with E-state index >= 15 is 0 Å². The lowest BCUT2D eigenvalue weighted by Crippen LogP contribution is -2.45. The predicted octanol–water partition coefficient (Wildman–Crippen LogP) is 3.52. The number of rotatable bonds is 4. The third kappa shape index (κ3) is 3.76. The average molecular weight is 380 g/mol. The first-order chi connectivity index (χ1) is 8.70. The van der Waals surface area contributed by atoms with Crippen LogP contribution < -0.4 is 5.32 Å². The third-order valence-electron chi connectivity index (χ3n) is 3.24. The van der Waals surface area contributed by atoms with Crippen LogP contribution in [0.25, 0.3) is 0 Å². The van der Waals surface area contributed by atoms with Crippen molar-refractivity contribution in [2.45, 2.75) is 12.5 Å². The molecule has 0 aliphatic carbocycles. The van der Waals surface area contributed by atoms with Crippen LogP contribution in [-0.4, -0.2) is 37.8 Å². The normalized spacial score (nSPS) is 18.8. The maximum absolute atomic E-state index is 12.8. The molecular weight excluding hydrogens is 363 g/mol. The molecule has 1 aromatic rings. The van der Waals surface area contributed by atoms with Crippen molar-refractivity contribution in [2.75, 3.05) is 32.9 Å². The van der Waals surface area contributed by atoms with Crippen LogP contribution in [0, 0.1) is 0 Å². The summed E-state index contributed by atoms with van der Waals surface area (Å²) in [4.78, 5) is 2.37. The summed E-state index contributed by atoms with van der Waals surface area (Å²) in [7, 11) is 0. The van der Waals surface area contributed by atoms with E-state index in [9.17, 15) is 4.39 Å². The molecule has 1 aromatic carbocycles. The number of nitrogens with zero attached hydrogens (tertiary/aromatic N) is 1. The first-order valence-corrected chi connectivity index (χ1v) is 7.76. The van der Waals surface area contributed by atoms with Gasteiger partial charge in [-0.15, -0.1) is 0 Å². The molecule has 5 heteroatoms. The summed E-state index contributed by atoms with van der Waals surface area (Å²) in [5.41, 5.74) is 1.18. The highest BCUT2D eigenvalue weighted by Gasteiger charge is 2.22. The molecule has 0 spiro atoms. The number of halogens is 3. The molecule has 0 unspecified atom stereocenters. The van der Waals surface area contributed by atoms with Gasteiger partial charge in [0, 0.05) is 41.2 Å². The molecule has 0 amide bonds. The molecule has 18 heavy (non-hydrogen) atoms. The largest absolute Gasteiger partial charge is 0.314 e. The van der Waals surface area contributed by atoms with Gasteiger partial charge in [-0.25, -0.2) is 0 Å². The zero-order valence-corrected chi connectivity index (χ0v) is 13.3. The highest BCUT2D eigenvalue weighted by Crippen LogP contribution is 2.30. The lowest BCUT2D eigenvalue weighted by Gasteiger charge is -2.35. The monoisotopic (exact) mass is 378 g/mol. The van der Waals surface area contributed by atoms with E-state index in [1.807, 2.05) is 6.07 Å². The van der Waals surface area contributed by atoms with Crippen molar-refractivity contribution < 1.29 is 4.39 Å². The van der Waals surface area contributed by atoms with Gasteiger partial charge in [0.2, 0.25) is 0 Å². The van der Waals surface area contributed by atoms with Crippen LogP contribution in [0.1, 0.15) is 18.0 Å². The predicted molar refractivity (Wildman–Crippen MR) is 79.6 cm³/mol. The number of piperazine rings is 1. The molecule has 1 aliphatic heterocycles. The Morgan fingerprint density at radius 1 is 1.17 bits per heavy atom. The minimum absolute atomic E-state index is 0.172. The van der Waals surface area contributed by atoms with Gasteiger partial charge in [-0.1, -0.05) is 31.9 Å². The zero-order chi connectivity index (χ0) is 13.0. The van der Waals surface area contributed by atoms with Gasteiger partial charge in [0.05, 0.1) is 6.67 Å². The Labute approximate surface area is 124 Å². The fourth-order valence-corrected chi connectivity index (χ4v) is 3.75. The van der Waals surface area contributed by atoms with Crippen molar-refractivity contribution in [3.05, 3.63) is 32.7 Å². The number of hydrogen-bond acceptors (Lipinski definition) is 2. The summed E-state index contributed by atoms with van der Waals surface area (Å²) in [6.45, 7) is 3.65. The highest BCUT2D eigenvalue weighted by atomic mass is 79.9. The molecule has 0 radical (unpaired) electrons. The summed E-state index contributed by atoms with van der Waals surface area (Å²) in [6.07, 6.45) is 0.558. The van der Waals surface area contributed by atoms with E-state index in [2.05, 4.69) is 54.2 Å². The molecule has 0 saturated carbocycles. The molecule has 1 fully saturated rings. The minimum atomic E-state index is -0.279. The minimum Gasteiger partial charge on any atom is -0.314 e. The Morgan fingerprint density at radius 2 is 1.78 bits per heavy atom. The molecule has 2 rings (SSSR count). The van der Waals surface area contributed by atoms with Gasteiger partial charge in [0.25, 0.3) is 0 Å². The van der Waals surface area contributed by atoms with Gasteiger partial charge < -0.3 is 5.32 Å². The molecule has 2 nitrogen and oxygen atoms in total. The van der Waals surface area contributed by atoms with Gasteiger partial charge in [-0.2, -0.15) is 0 Å². The van der Waals surface area contributed by atoms with Crippen molar-refractivity contribution >= 4 is 31.9 Å². The highest BCUT2D eigenvalue weighted by molar-refractivity contribution is 9.11. The summed E-state index contributed by atoms with van der Waals surface area (Å²) < 4.78 is 14.9. The quantitative estimate of drug-likeness (QED) is 0.860. The molecule has 1 aliphatic rings. The van der Waals surface area contributed by atoms with Crippen molar-refractivity contribution in [1.82, 2.24) is 10.2 Å². The lowest BCUT2D eigenvalue weighted by atomic mass is 10.0. The Hall–Kier alpha value is 0.0300. The van der Waals surface area contributed by atoms with E-state index in [1.165, 1.54) is 5.56 Å². The fraction of sp³-hybridized carbons (Fsp3) is 0.538. The molecule has 1 N–H and O–H groups in total. The van der Waals surface area contributed by atoms with Crippen LogP contribution >= 0.6 is 31.9 Å². The van der Waals surface area contributed by atoms with Crippen LogP contribution in [-0.2, 0) is 0 Å². The SMILES string of the molecule is FCC[C@@H](c1cc(Br)cc(Br)c1)N1CCNCC1. The molecule has 0 aromatic heterocycles. The maximum Gasteiger partial charge on any atom is 0.0912 e. The van der Waals surface area contributed by atoms with Gasteiger partial charge in [0.1, 0.15) is 0 Å². The van der Waals surface area contributed by atoms with Crippen LogP contribution in [0.4, 0.5) is 4.39 Å². The summed E-state index contributed by atoms with van der Waals surface area (Å²) in [6, 6.07) is 6.36. The van der Waals surface area contributed by atoms with E-state index in [4.69, 9.17) is 0 Å². The van der Waals surface area contributed by atoms with Crippen LogP contribution in [0.3, 0.4) is 0 Å². The Balaban J connectivity index is 2.22. The molecule has 1 heterocycles. The molecule has 100 valence electrons. The smallest absolute Gasteiger partial charge is 0.0912 e. The van der Waals surface area contributed by atoms with Crippen LogP contribution in [0.5, 0.6) is 0 Å². The Morgan fingerprint density at radius 3 is 2.33 bits per heavy atom. The topological polar surface area (TPSA) is 15.3 Å².